The number of ether oxygens (including phenoxy) is 2. The molecule has 0 radical (unpaired) electrons. The molecule has 0 heterocycles. The maximum Gasteiger partial charge on any atom is 0.328 e. The fourth-order valence-corrected chi connectivity index (χ4v) is 2.33. The number of rotatable bonds is 6. The number of carbonyl (C=O) groups is 3. The Morgan fingerprint density at radius 1 is 1.00 bits per heavy atom. The summed E-state index contributed by atoms with van der Waals surface area (Å²) in [4.78, 5) is 35.4. The molecule has 1 atom stereocenters. The van der Waals surface area contributed by atoms with Crippen LogP contribution in [0, 0.1) is 0 Å². The van der Waals surface area contributed by atoms with Gasteiger partial charge in [0.25, 0.3) is 5.91 Å². The lowest BCUT2D eigenvalue weighted by Crippen LogP contribution is -2.41. The molecule has 24 heavy (non-hydrogen) atoms. The van der Waals surface area contributed by atoms with Gasteiger partial charge in [-0.2, -0.15) is 0 Å². The molecular weight excluding hydrogens is 310 g/mol. The SMILES string of the molecule is COC(=O)CC[C@@H](NC(=O)c1ccc2ccccc2c1)C(=O)OC. The van der Waals surface area contributed by atoms with Gasteiger partial charge in [-0.15, -0.1) is 0 Å². The van der Waals surface area contributed by atoms with Crippen molar-refractivity contribution in [1.82, 2.24) is 5.32 Å². The molecule has 6 heteroatoms. The lowest BCUT2D eigenvalue weighted by molar-refractivity contribution is -0.144. The van der Waals surface area contributed by atoms with E-state index in [1.54, 1.807) is 12.1 Å². The zero-order valence-electron chi connectivity index (χ0n) is 13.6. The molecule has 0 unspecified atom stereocenters. The first-order valence-corrected chi connectivity index (χ1v) is 7.49. The Morgan fingerprint density at radius 3 is 2.38 bits per heavy atom. The fraction of sp³-hybridized carbons (Fsp3) is 0.278. The van der Waals surface area contributed by atoms with Gasteiger partial charge in [-0.3, -0.25) is 9.59 Å². The topological polar surface area (TPSA) is 81.7 Å². The molecule has 6 nitrogen and oxygen atoms in total. The second kappa shape index (κ2) is 8.10. The average Bonchev–Trinajstić information content (AvgIpc) is 2.63. The van der Waals surface area contributed by atoms with E-state index in [9.17, 15) is 14.4 Å². The number of nitrogens with one attached hydrogen (secondary N) is 1. The van der Waals surface area contributed by atoms with Crippen LogP contribution in [-0.2, 0) is 19.1 Å². The molecule has 0 aromatic heterocycles. The van der Waals surface area contributed by atoms with Crippen LogP contribution in [0.15, 0.2) is 42.5 Å². The number of methoxy groups -OCH3 is 2. The van der Waals surface area contributed by atoms with Crippen LogP contribution in [0.1, 0.15) is 23.2 Å². The highest BCUT2D eigenvalue weighted by Gasteiger charge is 2.23. The van der Waals surface area contributed by atoms with Crippen molar-refractivity contribution in [3.05, 3.63) is 48.0 Å². The van der Waals surface area contributed by atoms with E-state index in [0.717, 1.165) is 10.8 Å². The monoisotopic (exact) mass is 329 g/mol. The van der Waals surface area contributed by atoms with Gasteiger partial charge in [-0.1, -0.05) is 30.3 Å². The highest BCUT2D eigenvalue weighted by atomic mass is 16.5. The summed E-state index contributed by atoms with van der Waals surface area (Å²) in [7, 11) is 2.50. The number of fused-ring (bicyclic) bond motifs is 1. The third kappa shape index (κ3) is 4.32. The summed E-state index contributed by atoms with van der Waals surface area (Å²) in [5.41, 5.74) is 0.431. The van der Waals surface area contributed by atoms with E-state index in [2.05, 4.69) is 14.8 Å². The maximum absolute atomic E-state index is 12.4. The second-order valence-electron chi connectivity index (χ2n) is 5.23. The Balaban J connectivity index is 2.12. The Morgan fingerprint density at radius 2 is 1.71 bits per heavy atom. The molecular formula is C18H19NO5. The molecule has 2 rings (SSSR count). The number of amides is 1. The molecule has 0 saturated carbocycles. The number of benzene rings is 2. The normalized spacial score (nSPS) is 11.6. The summed E-state index contributed by atoms with van der Waals surface area (Å²) >= 11 is 0. The third-order valence-electron chi connectivity index (χ3n) is 3.67. The van der Waals surface area contributed by atoms with E-state index < -0.39 is 23.9 Å². The van der Waals surface area contributed by atoms with Gasteiger partial charge in [0, 0.05) is 12.0 Å². The molecule has 1 N–H and O–H groups in total. The van der Waals surface area contributed by atoms with Crippen molar-refractivity contribution >= 4 is 28.6 Å². The van der Waals surface area contributed by atoms with Crippen LogP contribution in [0.25, 0.3) is 10.8 Å². The van der Waals surface area contributed by atoms with E-state index in [1.807, 2.05) is 30.3 Å². The number of hydrogen-bond acceptors (Lipinski definition) is 5. The summed E-state index contributed by atoms with van der Waals surface area (Å²) in [6.45, 7) is 0. The van der Waals surface area contributed by atoms with Crippen molar-refractivity contribution in [2.45, 2.75) is 18.9 Å². The van der Waals surface area contributed by atoms with Crippen LogP contribution in [0.3, 0.4) is 0 Å². The van der Waals surface area contributed by atoms with E-state index in [-0.39, 0.29) is 12.8 Å². The molecule has 0 fully saturated rings. The van der Waals surface area contributed by atoms with Crippen molar-refractivity contribution in [1.29, 1.82) is 0 Å². The summed E-state index contributed by atoms with van der Waals surface area (Å²) in [5, 5.41) is 4.55. The smallest absolute Gasteiger partial charge is 0.328 e. The molecule has 0 spiro atoms. The molecule has 126 valence electrons. The van der Waals surface area contributed by atoms with Crippen LogP contribution in [0.4, 0.5) is 0 Å². The molecule has 0 aliphatic carbocycles. The minimum Gasteiger partial charge on any atom is -0.469 e. The fourth-order valence-electron chi connectivity index (χ4n) is 2.33. The van der Waals surface area contributed by atoms with Crippen molar-refractivity contribution < 1.29 is 23.9 Å². The van der Waals surface area contributed by atoms with E-state index in [0.29, 0.717) is 5.56 Å². The Hall–Kier alpha value is -2.89. The molecule has 0 aliphatic rings. The molecule has 2 aromatic carbocycles. The molecule has 1 amide bonds. The number of hydrogen-bond donors (Lipinski definition) is 1. The quantitative estimate of drug-likeness (QED) is 0.821. The maximum atomic E-state index is 12.4. The number of carbonyl (C=O) groups excluding carboxylic acids is 3. The van der Waals surface area contributed by atoms with Crippen LogP contribution in [0.5, 0.6) is 0 Å². The van der Waals surface area contributed by atoms with Crippen LogP contribution < -0.4 is 5.32 Å². The predicted octanol–water partition coefficient (Wildman–Crippen LogP) is 2.06. The van der Waals surface area contributed by atoms with Crippen LogP contribution in [-0.4, -0.2) is 38.1 Å². The standard InChI is InChI=1S/C18H19NO5/c1-23-16(20)10-9-15(18(22)24-2)19-17(21)14-8-7-12-5-3-4-6-13(12)11-14/h3-8,11,15H,9-10H2,1-2H3,(H,19,21)/t15-/m1/s1. The zero-order valence-corrected chi connectivity index (χ0v) is 13.6. The average molecular weight is 329 g/mol. The lowest BCUT2D eigenvalue weighted by Gasteiger charge is -2.16. The van der Waals surface area contributed by atoms with Gasteiger partial charge in [0.1, 0.15) is 6.04 Å². The molecule has 2 aromatic rings. The van der Waals surface area contributed by atoms with E-state index in [4.69, 9.17) is 0 Å². The molecule has 0 aliphatic heterocycles. The second-order valence-corrected chi connectivity index (χ2v) is 5.23. The Labute approximate surface area is 139 Å². The molecule has 0 bridgehead atoms. The first-order valence-electron chi connectivity index (χ1n) is 7.49. The summed E-state index contributed by atoms with van der Waals surface area (Å²) in [5.74, 6) is -1.46. The van der Waals surface area contributed by atoms with Gasteiger partial charge < -0.3 is 14.8 Å². The van der Waals surface area contributed by atoms with E-state index in [1.165, 1.54) is 14.2 Å². The highest BCUT2D eigenvalue weighted by molar-refractivity contribution is 6.00. The van der Waals surface area contributed by atoms with Crippen molar-refractivity contribution in [2.75, 3.05) is 14.2 Å². The van der Waals surface area contributed by atoms with Gasteiger partial charge >= 0.3 is 11.9 Å². The van der Waals surface area contributed by atoms with Gasteiger partial charge in [-0.25, -0.2) is 4.79 Å². The summed E-state index contributed by atoms with van der Waals surface area (Å²) in [6, 6.07) is 12.0. The van der Waals surface area contributed by atoms with Gasteiger partial charge in [0.15, 0.2) is 0 Å². The first kappa shape index (κ1) is 17.5. The van der Waals surface area contributed by atoms with Gasteiger partial charge in [0.05, 0.1) is 14.2 Å². The van der Waals surface area contributed by atoms with Crippen molar-refractivity contribution in [3.63, 3.8) is 0 Å². The van der Waals surface area contributed by atoms with Crippen molar-refractivity contribution in [3.8, 4) is 0 Å². The Bertz CT molecular complexity index is 756. The first-order chi connectivity index (χ1) is 11.5. The molecule has 0 saturated heterocycles. The van der Waals surface area contributed by atoms with E-state index >= 15 is 0 Å². The van der Waals surface area contributed by atoms with Gasteiger partial charge in [0.2, 0.25) is 0 Å². The lowest BCUT2D eigenvalue weighted by atomic mass is 10.1. The van der Waals surface area contributed by atoms with Crippen LogP contribution in [0.2, 0.25) is 0 Å². The zero-order chi connectivity index (χ0) is 17.5. The summed E-state index contributed by atoms with van der Waals surface area (Å²) < 4.78 is 9.23. The third-order valence-corrected chi connectivity index (χ3v) is 3.67. The minimum absolute atomic E-state index is 0.00820. The predicted molar refractivity (Wildman–Crippen MR) is 88.5 cm³/mol. The minimum atomic E-state index is -0.909. The number of esters is 2. The highest BCUT2D eigenvalue weighted by Crippen LogP contribution is 2.16. The summed E-state index contributed by atoms with van der Waals surface area (Å²) in [6.07, 6.45) is 0.118. The van der Waals surface area contributed by atoms with Crippen molar-refractivity contribution in [2.24, 2.45) is 0 Å². The Kier molecular flexibility index (Phi) is 5.89. The van der Waals surface area contributed by atoms with Gasteiger partial charge in [-0.05, 0) is 29.3 Å². The van der Waals surface area contributed by atoms with Crippen LogP contribution >= 0.6 is 0 Å². The largest absolute Gasteiger partial charge is 0.469 e.